The molecule has 17 heavy (non-hydrogen) atoms. The molecule has 0 fully saturated rings. The molecule has 0 spiro atoms. The summed E-state index contributed by atoms with van der Waals surface area (Å²) in [6, 6.07) is 0. The summed E-state index contributed by atoms with van der Waals surface area (Å²) in [7, 11) is 0. The smallest absolute Gasteiger partial charge is 0.391 e. The van der Waals surface area contributed by atoms with E-state index in [2.05, 4.69) is 0 Å². The minimum atomic E-state index is -4.10. The normalized spacial score (nSPS) is 13.5. The SMILES string of the molecule is CCCC(=O)OCCSCCC(C)C(F)(F)F. The van der Waals surface area contributed by atoms with Crippen LogP contribution in [0.4, 0.5) is 13.2 Å². The van der Waals surface area contributed by atoms with E-state index in [1.54, 1.807) is 0 Å². The maximum absolute atomic E-state index is 12.1. The van der Waals surface area contributed by atoms with Gasteiger partial charge in [-0.05, 0) is 18.6 Å². The number of carbonyl (C=O) groups is 1. The number of thioether (sulfide) groups is 1. The van der Waals surface area contributed by atoms with Gasteiger partial charge in [-0.1, -0.05) is 13.8 Å². The monoisotopic (exact) mass is 272 g/mol. The van der Waals surface area contributed by atoms with Gasteiger partial charge in [-0.25, -0.2) is 0 Å². The lowest BCUT2D eigenvalue weighted by atomic mass is 10.1. The zero-order valence-corrected chi connectivity index (χ0v) is 11.0. The quantitative estimate of drug-likeness (QED) is 0.498. The highest BCUT2D eigenvalue weighted by Crippen LogP contribution is 2.29. The second kappa shape index (κ2) is 8.66. The maximum atomic E-state index is 12.1. The first kappa shape index (κ1) is 16.6. The molecule has 0 aromatic carbocycles. The highest BCUT2D eigenvalue weighted by molar-refractivity contribution is 7.99. The van der Waals surface area contributed by atoms with Gasteiger partial charge in [0.2, 0.25) is 0 Å². The lowest BCUT2D eigenvalue weighted by molar-refractivity contribution is -0.169. The van der Waals surface area contributed by atoms with Crippen LogP contribution in [-0.4, -0.2) is 30.3 Å². The van der Waals surface area contributed by atoms with Gasteiger partial charge in [-0.3, -0.25) is 4.79 Å². The molecule has 0 amide bonds. The Balaban J connectivity index is 3.38. The van der Waals surface area contributed by atoms with Crippen LogP contribution >= 0.6 is 11.8 Å². The summed E-state index contributed by atoms with van der Waals surface area (Å²) in [5, 5.41) is 0. The molecule has 0 radical (unpaired) electrons. The van der Waals surface area contributed by atoms with Crippen molar-refractivity contribution in [1.29, 1.82) is 0 Å². The third kappa shape index (κ3) is 9.32. The molecule has 0 bridgehead atoms. The molecular weight excluding hydrogens is 253 g/mol. The van der Waals surface area contributed by atoms with Crippen LogP contribution in [0.15, 0.2) is 0 Å². The Morgan fingerprint density at radius 2 is 2.00 bits per heavy atom. The molecule has 0 aromatic heterocycles. The van der Waals surface area contributed by atoms with Gasteiger partial charge in [0.1, 0.15) is 6.61 Å². The molecule has 102 valence electrons. The van der Waals surface area contributed by atoms with Gasteiger partial charge >= 0.3 is 12.1 Å². The van der Waals surface area contributed by atoms with Gasteiger partial charge in [-0.2, -0.15) is 24.9 Å². The van der Waals surface area contributed by atoms with Gasteiger partial charge in [0.15, 0.2) is 0 Å². The highest BCUT2D eigenvalue weighted by atomic mass is 32.2. The Bertz CT molecular complexity index is 219. The average Bonchev–Trinajstić information content (AvgIpc) is 2.21. The summed E-state index contributed by atoms with van der Waals surface area (Å²) in [5.74, 6) is -0.513. The molecule has 1 unspecified atom stereocenters. The van der Waals surface area contributed by atoms with Gasteiger partial charge in [0.05, 0.1) is 5.92 Å². The predicted molar refractivity (Wildman–Crippen MR) is 63.0 cm³/mol. The highest BCUT2D eigenvalue weighted by Gasteiger charge is 2.35. The van der Waals surface area contributed by atoms with Crippen molar-refractivity contribution in [2.75, 3.05) is 18.1 Å². The number of ether oxygens (including phenoxy) is 1. The van der Waals surface area contributed by atoms with Crippen LogP contribution < -0.4 is 0 Å². The van der Waals surface area contributed by atoms with Gasteiger partial charge in [-0.15, -0.1) is 0 Å². The largest absolute Gasteiger partial charge is 0.465 e. The molecule has 0 heterocycles. The van der Waals surface area contributed by atoms with Crippen LogP contribution in [0.25, 0.3) is 0 Å². The Hall–Kier alpha value is -0.390. The fraction of sp³-hybridized carbons (Fsp3) is 0.909. The van der Waals surface area contributed by atoms with Crippen molar-refractivity contribution in [1.82, 2.24) is 0 Å². The van der Waals surface area contributed by atoms with E-state index >= 15 is 0 Å². The van der Waals surface area contributed by atoms with Crippen molar-refractivity contribution < 1.29 is 22.7 Å². The van der Waals surface area contributed by atoms with E-state index in [1.807, 2.05) is 6.92 Å². The third-order valence-electron chi connectivity index (χ3n) is 2.20. The van der Waals surface area contributed by atoms with Crippen LogP contribution in [0.5, 0.6) is 0 Å². The minimum absolute atomic E-state index is 0.108. The molecule has 0 aliphatic carbocycles. The molecule has 0 aliphatic heterocycles. The molecule has 0 aliphatic rings. The van der Waals surface area contributed by atoms with E-state index in [9.17, 15) is 18.0 Å². The Morgan fingerprint density at radius 3 is 2.53 bits per heavy atom. The van der Waals surface area contributed by atoms with Gasteiger partial charge < -0.3 is 4.74 Å². The van der Waals surface area contributed by atoms with Crippen LogP contribution in [0.2, 0.25) is 0 Å². The van der Waals surface area contributed by atoms with E-state index in [-0.39, 0.29) is 19.0 Å². The fourth-order valence-electron chi connectivity index (χ4n) is 1.02. The predicted octanol–water partition coefficient (Wildman–Crippen LogP) is 3.65. The molecule has 2 nitrogen and oxygen atoms in total. The van der Waals surface area contributed by atoms with E-state index in [4.69, 9.17) is 4.74 Å². The van der Waals surface area contributed by atoms with Crippen LogP contribution in [0.3, 0.4) is 0 Å². The fourth-order valence-corrected chi connectivity index (χ4v) is 1.94. The zero-order valence-electron chi connectivity index (χ0n) is 10.2. The second-order valence-corrected chi connectivity index (χ2v) is 5.04. The molecule has 6 heteroatoms. The molecule has 0 rings (SSSR count). The summed E-state index contributed by atoms with van der Waals surface area (Å²) in [6.45, 7) is 3.35. The number of esters is 1. The van der Waals surface area contributed by atoms with Crippen LogP contribution in [0.1, 0.15) is 33.1 Å². The van der Waals surface area contributed by atoms with E-state index in [1.165, 1.54) is 18.7 Å². The number of alkyl halides is 3. The summed E-state index contributed by atoms with van der Waals surface area (Å²) >= 11 is 1.38. The standard InChI is InChI=1S/C11H19F3O2S/c1-3-4-10(15)16-6-8-17-7-5-9(2)11(12,13)14/h9H,3-8H2,1-2H3. The molecule has 0 saturated carbocycles. The Kier molecular flexibility index (Phi) is 8.47. The van der Waals surface area contributed by atoms with E-state index < -0.39 is 12.1 Å². The number of halogens is 3. The second-order valence-electron chi connectivity index (χ2n) is 3.81. The van der Waals surface area contributed by atoms with Crippen molar-refractivity contribution in [3.63, 3.8) is 0 Å². The summed E-state index contributed by atoms with van der Waals surface area (Å²) in [5.41, 5.74) is 0. The number of carbonyl (C=O) groups excluding carboxylic acids is 1. The van der Waals surface area contributed by atoms with E-state index in [0.29, 0.717) is 17.9 Å². The number of hydrogen-bond donors (Lipinski definition) is 0. The first-order valence-corrected chi connectivity index (χ1v) is 6.83. The Labute approximate surface area is 104 Å². The lowest BCUT2D eigenvalue weighted by Gasteiger charge is -2.14. The van der Waals surface area contributed by atoms with E-state index in [0.717, 1.165) is 6.42 Å². The van der Waals surface area contributed by atoms with Crippen molar-refractivity contribution in [3.05, 3.63) is 0 Å². The van der Waals surface area contributed by atoms with Crippen molar-refractivity contribution >= 4 is 17.7 Å². The summed E-state index contributed by atoms with van der Waals surface area (Å²) < 4.78 is 41.3. The Morgan fingerprint density at radius 1 is 1.35 bits per heavy atom. The number of hydrogen-bond acceptors (Lipinski definition) is 3. The third-order valence-corrected chi connectivity index (χ3v) is 3.18. The topological polar surface area (TPSA) is 26.3 Å². The molecule has 1 atom stereocenters. The molecule has 0 aromatic rings. The molecule has 0 N–H and O–H groups in total. The minimum Gasteiger partial charge on any atom is -0.465 e. The van der Waals surface area contributed by atoms with Crippen molar-refractivity contribution in [2.45, 2.75) is 39.3 Å². The van der Waals surface area contributed by atoms with Crippen LogP contribution in [-0.2, 0) is 9.53 Å². The number of rotatable bonds is 8. The molecular formula is C11H19F3O2S. The summed E-state index contributed by atoms with van der Waals surface area (Å²) in [4.78, 5) is 10.9. The van der Waals surface area contributed by atoms with Crippen molar-refractivity contribution in [2.24, 2.45) is 5.92 Å². The maximum Gasteiger partial charge on any atom is 0.391 e. The first-order chi connectivity index (χ1) is 7.88. The van der Waals surface area contributed by atoms with Crippen molar-refractivity contribution in [3.8, 4) is 0 Å². The van der Waals surface area contributed by atoms with Crippen LogP contribution in [0, 0.1) is 5.92 Å². The zero-order chi connectivity index (χ0) is 13.3. The summed E-state index contributed by atoms with van der Waals surface area (Å²) in [6.07, 6.45) is -2.85. The average molecular weight is 272 g/mol. The molecule has 0 saturated heterocycles. The first-order valence-electron chi connectivity index (χ1n) is 5.68. The van der Waals surface area contributed by atoms with Gasteiger partial charge in [0, 0.05) is 12.2 Å². The lowest BCUT2D eigenvalue weighted by Crippen LogP contribution is -2.20. The van der Waals surface area contributed by atoms with Gasteiger partial charge in [0.25, 0.3) is 0 Å².